The highest BCUT2D eigenvalue weighted by atomic mass is 35.5. The van der Waals surface area contributed by atoms with Gasteiger partial charge in [0, 0.05) is 18.8 Å². The van der Waals surface area contributed by atoms with E-state index < -0.39 is 6.10 Å². The monoisotopic (exact) mass is 250 g/mol. The minimum atomic E-state index is -0.505. The van der Waals surface area contributed by atoms with Gasteiger partial charge in [-0.15, -0.1) is 0 Å². The van der Waals surface area contributed by atoms with Crippen LogP contribution in [0.1, 0.15) is 31.3 Å². The summed E-state index contributed by atoms with van der Waals surface area (Å²) in [5.41, 5.74) is 1.71. The molecule has 0 amide bonds. The van der Waals surface area contributed by atoms with Crippen LogP contribution in [0.15, 0.2) is 30.6 Å². The summed E-state index contributed by atoms with van der Waals surface area (Å²) in [5.74, 6) is 0.969. The zero-order chi connectivity index (χ0) is 12.4. The number of aliphatic hydroxyl groups excluding tert-OH is 1. The lowest BCUT2D eigenvalue weighted by atomic mass is 10.1. The Morgan fingerprint density at radius 3 is 2.82 bits per heavy atom. The summed E-state index contributed by atoms with van der Waals surface area (Å²) >= 11 is 6.23. The number of aliphatic hydroxyl groups is 1. The summed E-state index contributed by atoms with van der Waals surface area (Å²) in [5, 5.41) is 10.1. The fourth-order valence-electron chi connectivity index (χ4n) is 1.79. The Balaban J connectivity index is 2.47. The van der Waals surface area contributed by atoms with E-state index in [0.717, 1.165) is 23.5 Å². The van der Waals surface area contributed by atoms with E-state index >= 15 is 0 Å². The predicted molar refractivity (Wildman–Crippen MR) is 68.6 cm³/mol. The molecule has 1 atom stereocenters. The van der Waals surface area contributed by atoms with Gasteiger partial charge in [0.15, 0.2) is 0 Å². The van der Waals surface area contributed by atoms with Gasteiger partial charge in [-0.1, -0.05) is 24.6 Å². The molecule has 0 aliphatic heterocycles. The predicted octanol–water partition coefficient (Wildman–Crippen LogP) is 3.14. The standard InChI is InChI=1S/C13H15ClN2O/c1-3-13-15-6-7-16(13)12-5-4-10(9(2)17)8-11(12)14/h4-9,17H,3H2,1-2H3/t9-/m0/s1. The van der Waals surface area contributed by atoms with Crippen LogP contribution in [0.5, 0.6) is 0 Å². The van der Waals surface area contributed by atoms with Gasteiger partial charge in [0.05, 0.1) is 16.8 Å². The molecular weight excluding hydrogens is 236 g/mol. The molecule has 1 aromatic carbocycles. The van der Waals surface area contributed by atoms with Crippen LogP contribution in [-0.2, 0) is 6.42 Å². The number of aromatic nitrogens is 2. The van der Waals surface area contributed by atoms with Gasteiger partial charge in [0.1, 0.15) is 5.82 Å². The Labute approximate surface area is 106 Å². The average Bonchev–Trinajstić information content (AvgIpc) is 2.76. The molecule has 0 saturated heterocycles. The molecule has 0 saturated carbocycles. The number of aryl methyl sites for hydroxylation is 1. The number of benzene rings is 1. The van der Waals surface area contributed by atoms with E-state index in [1.165, 1.54) is 0 Å². The van der Waals surface area contributed by atoms with Crippen molar-refractivity contribution in [1.82, 2.24) is 9.55 Å². The van der Waals surface area contributed by atoms with E-state index in [0.29, 0.717) is 5.02 Å². The van der Waals surface area contributed by atoms with E-state index in [9.17, 15) is 5.11 Å². The van der Waals surface area contributed by atoms with Crippen LogP contribution in [0.3, 0.4) is 0 Å². The van der Waals surface area contributed by atoms with E-state index in [-0.39, 0.29) is 0 Å². The summed E-state index contributed by atoms with van der Waals surface area (Å²) in [6, 6.07) is 5.58. The molecule has 0 aliphatic rings. The van der Waals surface area contributed by atoms with Gasteiger partial charge in [-0.3, -0.25) is 0 Å². The molecule has 0 unspecified atom stereocenters. The van der Waals surface area contributed by atoms with E-state index in [4.69, 9.17) is 11.6 Å². The zero-order valence-corrected chi connectivity index (χ0v) is 10.6. The van der Waals surface area contributed by atoms with Gasteiger partial charge in [-0.05, 0) is 24.6 Å². The molecule has 4 heteroatoms. The van der Waals surface area contributed by atoms with Crippen LogP contribution >= 0.6 is 11.6 Å². The molecule has 3 nitrogen and oxygen atoms in total. The lowest BCUT2D eigenvalue weighted by Gasteiger charge is -2.11. The van der Waals surface area contributed by atoms with Crippen molar-refractivity contribution < 1.29 is 5.11 Å². The Hall–Kier alpha value is -1.32. The van der Waals surface area contributed by atoms with E-state index in [1.807, 2.05) is 22.9 Å². The molecule has 1 N–H and O–H groups in total. The summed E-state index contributed by atoms with van der Waals surface area (Å²) in [4.78, 5) is 4.26. The molecule has 0 radical (unpaired) electrons. The highest BCUT2D eigenvalue weighted by Gasteiger charge is 2.09. The molecule has 2 rings (SSSR count). The van der Waals surface area contributed by atoms with Crippen molar-refractivity contribution >= 4 is 11.6 Å². The number of nitrogens with zero attached hydrogens (tertiary/aromatic N) is 2. The minimum Gasteiger partial charge on any atom is -0.389 e. The van der Waals surface area contributed by atoms with Crippen molar-refractivity contribution in [2.45, 2.75) is 26.4 Å². The third kappa shape index (κ3) is 2.35. The van der Waals surface area contributed by atoms with Crippen molar-refractivity contribution in [3.8, 4) is 5.69 Å². The number of halogens is 1. The maximum absolute atomic E-state index is 9.49. The van der Waals surface area contributed by atoms with Gasteiger partial charge in [0.2, 0.25) is 0 Å². The summed E-state index contributed by atoms with van der Waals surface area (Å²) in [6.07, 6.45) is 4.00. The van der Waals surface area contributed by atoms with Crippen molar-refractivity contribution in [2.75, 3.05) is 0 Å². The van der Waals surface area contributed by atoms with Gasteiger partial charge < -0.3 is 9.67 Å². The fraction of sp³-hybridized carbons (Fsp3) is 0.308. The molecular formula is C13H15ClN2O. The first kappa shape index (κ1) is 12.1. The second-order valence-electron chi connectivity index (χ2n) is 3.95. The van der Waals surface area contributed by atoms with E-state index in [1.54, 1.807) is 19.2 Å². The summed E-state index contributed by atoms with van der Waals surface area (Å²) in [6.45, 7) is 3.77. The zero-order valence-electron chi connectivity index (χ0n) is 9.89. The second kappa shape index (κ2) is 4.90. The maximum Gasteiger partial charge on any atom is 0.112 e. The molecule has 0 bridgehead atoms. The van der Waals surface area contributed by atoms with Crippen molar-refractivity contribution in [1.29, 1.82) is 0 Å². The van der Waals surface area contributed by atoms with Crippen LogP contribution in [-0.4, -0.2) is 14.7 Å². The normalized spacial score (nSPS) is 12.7. The quantitative estimate of drug-likeness (QED) is 0.909. The summed E-state index contributed by atoms with van der Waals surface area (Å²) in [7, 11) is 0. The Morgan fingerprint density at radius 2 is 2.24 bits per heavy atom. The molecule has 2 aromatic rings. The van der Waals surface area contributed by atoms with Crippen molar-refractivity contribution in [3.05, 3.63) is 47.0 Å². The molecule has 0 fully saturated rings. The number of hydrogen-bond donors (Lipinski definition) is 1. The van der Waals surface area contributed by atoms with Crippen LogP contribution < -0.4 is 0 Å². The van der Waals surface area contributed by atoms with Crippen LogP contribution in [0, 0.1) is 0 Å². The average molecular weight is 251 g/mol. The lowest BCUT2D eigenvalue weighted by molar-refractivity contribution is 0.199. The fourth-order valence-corrected chi connectivity index (χ4v) is 2.07. The molecule has 0 spiro atoms. The Kier molecular flexibility index (Phi) is 3.50. The topological polar surface area (TPSA) is 38.0 Å². The maximum atomic E-state index is 9.49. The van der Waals surface area contributed by atoms with Crippen LogP contribution in [0.2, 0.25) is 5.02 Å². The van der Waals surface area contributed by atoms with Crippen LogP contribution in [0.25, 0.3) is 5.69 Å². The molecule has 90 valence electrons. The third-order valence-electron chi connectivity index (χ3n) is 2.75. The number of rotatable bonds is 3. The molecule has 1 heterocycles. The molecule has 1 aromatic heterocycles. The summed E-state index contributed by atoms with van der Waals surface area (Å²) < 4.78 is 1.97. The first-order valence-electron chi connectivity index (χ1n) is 5.63. The van der Waals surface area contributed by atoms with Gasteiger partial charge in [-0.25, -0.2) is 4.98 Å². The van der Waals surface area contributed by atoms with E-state index in [2.05, 4.69) is 11.9 Å². The largest absolute Gasteiger partial charge is 0.389 e. The molecule has 17 heavy (non-hydrogen) atoms. The van der Waals surface area contributed by atoms with Crippen molar-refractivity contribution in [2.24, 2.45) is 0 Å². The number of imidazole rings is 1. The first-order chi connectivity index (χ1) is 8.13. The first-order valence-corrected chi connectivity index (χ1v) is 6.01. The Morgan fingerprint density at radius 1 is 1.47 bits per heavy atom. The van der Waals surface area contributed by atoms with Gasteiger partial charge in [-0.2, -0.15) is 0 Å². The smallest absolute Gasteiger partial charge is 0.112 e. The molecule has 0 aliphatic carbocycles. The highest BCUT2D eigenvalue weighted by Crippen LogP contribution is 2.25. The Bertz CT molecular complexity index is 520. The third-order valence-corrected chi connectivity index (χ3v) is 3.05. The minimum absolute atomic E-state index is 0.505. The van der Waals surface area contributed by atoms with Gasteiger partial charge >= 0.3 is 0 Å². The van der Waals surface area contributed by atoms with Crippen molar-refractivity contribution in [3.63, 3.8) is 0 Å². The SMILES string of the molecule is CCc1nccn1-c1ccc([C@H](C)O)cc1Cl. The van der Waals surface area contributed by atoms with Crippen LogP contribution in [0.4, 0.5) is 0 Å². The van der Waals surface area contributed by atoms with Gasteiger partial charge in [0.25, 0.3) is 0 Å². The second-order valence-corrected chi connectivity index (χ2v) is 4.36. The lowest BCUT2D eigenvalue weighted by Crippen LogP contribution is -2.01. The highest BCUT2D eigenvalue weighted by molar-refractivity contribution is 6.32. The number of hydrogen-bond acceptors (Lipinski definition) is 2.